The van der Waals surface area contributed by atoms with Crippen LogP contribution < -0.4 is 4.74 Å². The fraction of sp³-hybridized carbons (Fsp3) is 0.0625. The molecule has 0 aliphatic rings. The van der Waals surface area contributed by atoms with Crippen LogP contribution in [-0.2, 0) is 0 Å². The quantitative estimate of drug-likeness (QED) is 0.723. The number of methoxy groups -OCH3 is 1. The molecule has 20 heavy (non-hydrogen) atoms. The first-order valence-electron chi connectivity index (χ1n) is 6.14. The van der Waals surface area contributed by atoms with Crippen LogP contribution in [0.4, 0.5) is 0 Å². The van der Waals surface area contributed by atoms with Crippen molar-refractivity contribution in [3.63, 3.8) is 0 Å². The number of aldehydes is 1. The SMILES string of the molecule is COc1ccccc1-c1[nH]c2ccc(Br)cc2c1C=O. The molecule has 4 heteroatoms. The Kier molecular flexibility index (Phi) is 3.32. The Morgan fingerprint density at radius 3 is 2.75 bits per heavy atom. The normalized spacial score (nSPS) is 10.7. The van der Waals surface area contributed by atoms with Gasteiger partial charge in [-0.2, -0.15) is 0 Å². The number of fused-ring (bicyclic) bond motifs is 1. The van der Waals surface area contributed by atoms with Crippen molar-refractivity contribution in [2.45, 2.75) is 0 Å². The Balaban J connectivity index is 2.33. The first-order chi connectivity index (χ1) is 9.74. The van der Waals surface area contributed by atoms with Crippen LogP contribution in [0.3, 0.4) is 0 Å². The zero-order chi connectivity index (χ0) is 14.1. The van der Waals surface area contributed by atoms with E-state index in [0.29, 0.717) is 5.56 Å². The minimum absolute atomic E-state index is 0.644. The number of aromatic amines is 1. The van der Waals surface area contributed by atoms with Gasteiger partial charge in [-0.05, 0) is 30.3 Å². The molecule has 0 saturated heterocycles. The minimum Gasteiger partial charge on any atom is -0.496 e. The van der Waals surface area contributed by atoms with E-state index in [4.69, 9.17) is 4.74 Å². The lowest BCUT2D eigenvalue weighted by Crippen LogP contribution is -1.90. The molecular weight excluding hydrogens is 318 g/mol. The zero-order valence-electron chi connectivity index (χ0n) is 10.8. The summed E-state index contributed by atoms with van der Waals surface area (Å²) in [6.45, 7) is 0. The molecule has 0 spiro atoms. The highest BCUT2D eigenvalue weighted by Gasteiger charge is 2.15. The highest BCUT2D eigenvalue weighted by atomic mass is 79.9. The third kappa shape index (κ3) is 2.02. The maximum atomic E-state index is 11.5. The summed E-state index contributed by atoms with van der Waals surface area (Å²) in [7, 11) is 1.62. The first-order valence-corrected chi connectivity index (χ1v) is 6.93. The van der Waals surface area contributed by atoms with Crippen molar-refractivity contribution in [2.24, 2.45) is 0 Å². The molecule has 0 fully saturated rings. The highest BCUT2D eigenvalue weighted by molar-refractivity contribution is 9.10. The van der Waals surface area contributed by atoms with Crippen LogP contribution in [0.1, 0.15) is 10.4 Å². The highest BCUT2D eigenvalue weighted by Crippen LogP contribution is 2.35. The van der Waals surface area contributed by atoms with Gasteiger partial charge in [-0.15, -0.1) is 0 Å². The standard InChI is InChI=1S/C16H12BrNO2/c1-20-15-5-3-2-4-11(15)16-13(9-19)12-8-10(17)6-7-14(12)18-16/h2-9,18H,1H3. The number of rotatable bonds is 3. The molecule has 0 aliphatic heterocycles. The van der Waals surface area contributed by atoms with Crippen molar-refractivity contribution >= 4 is 33.1 Å². The van der Waals surface area contributed by atoms with E-state index in [0.717, 1.165) is 38.7 Å². The fourth-order valence-corrected chi connectivity index (χ4v) is 2.73. The lowest BCUT2D eigenvalue weighted by atomic mass is 10.1. The van der Waals surface area contributed by atoms with E-state index < -0.39 is 0 Å². The maximum absolute atomic E-state index is 11.5. The lowest BCUT2D eigenvalue weighted by molar-refractivity contribution is 0.112. The van der Waals surface area contributed by atoms with Gasteiger partial charge in [-0.3, -0.25) is 4.79 Å². The Labute approximate surface area is 124 Å². The number of carbonyl (C=O) groups is 1. The van der Waals surface area contributed by atoms with Crippen molar-refractivity contribution in [1.82, 2.24) is 4.98 Å². The van der Waals surface area contributed by atoms with E-state index >= 15 is 0 Å². The monoisotopic (exact) mass is 329 g/mol. The summed E-state index contributed by atoms with van der Waals surface area (Å²) in [5, 5.41) is 0.898. The van der Waals surface area contributed by atoms with Crippen molar-refractivity contribution in [3.8, 4) is 17.0 Å². The Morgan fingerprint density at radius 2 is 2.00 bits per heavy atom. The molecule has 1 heterocycles. The second-order valence-corrected chi connectivity index (χ2v) is 5.34. The van der Waals surface area contributed by atoms with Gasteiger partial charge in [0.05, 0.1) is 12.8 Å². The van der Waals surface area contributed by atoms with E-state index in [1.54, 1.807) is 7.11 Å². The van der Waals surface area contributed by atoms with Crippen LogP contribution >= 0.6 is 15.9 Å². The Hall–Kier alpha value is -2.07. The number of hydrogen-bond acceptors (Lipinski definition) is 2. The van der Waals surface area contributed by atoms with Crippen molar-refractivity contribution in [3.05, 3.63) is 52.5 Å². The van der Waals surface area contributed by atoms with E-state index in [1.165, 1.54) is 0 Å². The maximum Gasteiger partial charge on any atom is 0.152 e. The van der Waals surface area contributed by atoms with Gasteiger partial charge in [0, 0.05) is 26.5 Å². The van der Waals surface area contributed by atoms with Crippen LogP contribution in [0.5, 0.6) is 5.75 Å². The van der Waals surface area contributed by atoms with E-state index in [9.17, 15) is 4.79 Å². The third-order valence-electron chi connectivity index (χ3n) is 3.29. The van der Waals surface area contributed by atoms with E-state index in [1.807, 2.05) is 42.5 Å². The summed E-state index contributed by atoms with van der Waals surface area (Å²) >= 11 is 3.43. The molecular formula is C16H12BrNO2. The average molecular weight is 330 g/mol. The van der Waals surface area contributed by atoms with Gasteiger partial charge in [0.25, 0.3) is 0 Å². The zero-order valence-corrected chi connectivity index (χ0v) is 12.4. The number of para-hydroxylation sites is 1. The van der Waals surface area contributed by atoms with Crippen LogP contribution in [0.2, 0.25) is 0 Å². The molecule has 0 saturated carbocycles. The second-order valence-electron chi connectivity index (χ2n) is 4.42. The average Bonchev–Trinajstić information content (AvgIpc) is 2.84. The fourth-order valence-electron chi connectivity index (χ4n) is 2.37. The molecule has 0 aliphatic carbocycles. The molecule has 2 aromatic carbocycles. The molecule has 0 amide bonds. The summed E-state index contributed by atoms with van der Waals surface area (Å²) < 4.78 is 6.32. The van der Waals surface area contributed by atoms with Crippen molar-refractivity contribution < 1.29 is 9.53 Å². The van der Waals surface area contributed by atoms with Crippen molar-refractivity contribution in [2.75, 3.05) is 7.11 Å². The molecule has 100 valence electrons. The molecule has 1 N–H and O–H groups in total. The second kappa shape index (κ2) is 5.13. The van der Waals surface area contributed by atoms with Crippen LogP contribution in [0.25, 0.3) is 22.2 Å². The molecule has 0 bridgehead atoms. The predicted molar refractivity (Wildman–Crippen MR) is 83.4 cm³/mol. The van der Waals surface area contributed by atoms with Gasteiger partial charge in [-0.1, -0.05) is 28.1 Å². The predicted octanol–water partition coefficient (Wildman–Crippen LogP) is 4.42. The number of benzene rings is 2. The smallest absolute Gasteiger partial charge is 0.152 e. The number of hydrogen-bond donors (Lipinski definition) is 1. The topological polar surface area (TPSA) is 42.1 Å². The minimum atomic E-state index is 0.644. The lowest BCUT2D eigenvalue weighted by Gasteiger charge is -2.07. The number of carbonyl (C=O) groups excluding carboxylic acids is 1. The molecule has 0 unspecified atom stereocenters. The Morgan fingerprint density at radius 1 is 1.20 bits per heavy atom. The summed E-state index contributed by atoms with van der Waals surface area (Å²) in [5.41, 5.74) is 3.23. The van der Waals surface area contributed by atoms with Crippen LogP contribution in [-0.4, -0.2) is 18.4 Å². The largest absolute Gasteiger partial charge is 0.496 e. The molecule has 3 aromatic rings. The number of H-pyrrole nitrogens is 1. The number of aromatic nitrogens is 1. The molecule has 3 nitrogen and oxygen atoms in total. The summed E-state index contributed by atoms with van der Waals surface area (Å²) in [4.78, 5) is 14.8. The van der Waals surface area contributed by atoms with Crippen molar-refractivity contribution in [1.29, 1.82) is 0 Å². The van der Waals surface area contributed by atoms with E-state index in [2.05, 4.69) is 20.9 Å². The third-order valence-corrected chi connectivity index (χ3v) is 3.79. The Bertz CT molecular complexity index is 792. The molecule has 0 radical (unpaired) electrons. The number of nitrogens with one attached hydrogen (secondary N) is 1. The van der Waals surface area contributed by atoms with Gasteiger partial charge in [-0.25, -0.2) is 0 Å². The molecule has 3 rings (SSSR count). The summed E-state index contributed by atoms with van der Waals surface area (Å²) in [6.07, 6.45) is 0.882. The summed E-state index contributed by atoms with van der Waals surface area (Å²) in [6, 6.07) is 13.5. The van der Waals surface area contributed by atoms with Crippen LogP contribution in [0.15, 0.2) is 46.9 Å². The van der Waals surface area contributed by atoms with E-state index in [-0.39, 0.29) is 0 Å². The molecule has 1 aromatic heterocycles. The molecule has 0 atom stereocenters. The van der Waals surface area contributed by atoms with Gasteiger partial charge in [0.15, 0.2) is 6.29 Å². The number of ether oxygens (including phenoxy) is 1. The summed E-state index contributed by atoms with van der Waals surface area (Å²) in [5.74, 6) is 0.737. The number of halogens is 1. The van der Waals surface area contributed by atoms with Crippen LogP contribution in [0, 0.1) is 0 Å². The first kappa shape index (κ1) is 12.9. The van der Waals surface area contributed by atoms with Gasteiger partial charge in [0.1, 0.15) is 5.75 Å². The van der Waals surface area contributed by atoms with Gasteiger partial charge in [0.2, 0.25) is 0 Å². The van der Waals surface area contributed by atoms with Gasteiger partial charge >= 0.3 is 0 Å². The van der Waals surface area contributed by atoms with Gasteiger partial charge < -0.3 is 9.72 Å².